The summed E-state index contributed by atoms with van der Waals surface area (Å²) in [6, 6.07) is 7.57. The molecule has 88 valence electrons. The van der Waals surface area contributed by atoms with Crippen LogP contribution in [0.5, 0.6) is 5.75 Å². The SMILES string of the molecule is CC(C)c1ccc(OCC(Cl)C(=O)O)cc1. The van der Waals surface area contributed by atoms with Crippen LogP contribution in [0.15, 0.2) is 24.3 Å². The van der Waals surface area contributed by atoms with Crippen molar-refractivity contribution in [1.29, 1.82) is 0 Å². The van der Waals surface area contributed by atoms with Crippen LogP contribution in [0.25, 0.3) is 0 Å². The number of carbonyl (C=O) groups is 1. The number of carboxylic acids is 1. The Bertz CT molecular complexity index is 346. The summed E-state index contributed by atoms with van der Waals surface area (Å²) in [6.07, 6.45) is 0. The molecule has 1 unspecified atom stereocenters. The van der Waals surface area contributed by atoms with Crippen molar-refractivity contribution < 1.29 is 14.6 Å². The monoisotopic (exact) mass is 242 g/mol. The Morgan fingerprint density at radius 2 is 1.94 bits per heavy atom. The zero-order valence-electron chi connectivity index (χ0n) is 9.31. The zero-order chi connectivity index (χ0) is 12.1. The lowest BCUT2D eigenvalue weighted by atomic mass is 10.0. The molecule has 0 bridgehead atoms. The van der Waals surface area contributed by atoms with Crippen molar-refractivity contribution >= 4 is 17.6 Å². The fourth-order valence-corrected chi connectivity index (χ4v) is 1.25. The third-order valence-corrected chi connectivity index (χ3v) is 2.52. The Morgan fingerprint density at radius 1 is 1.38 bits per heavy atom. The van der Waals surface area contributed by atoms with Gasteiger partial charge in [0.1, 0.15) is 12.4 Å². The average Bonchev–Trinajstić information content (AvgIpc) is 2.26. The molecule has 0 aliphatic rings. The predicted molar refractivity (Wildman–Crippen MR) is 63.3 cm³/mol. The van der Waals surface area contributed by atoms with E-state index < -0.39 is 11.3 Å². The molecule has 0 amide bonds. The van der Waals surface area contributed by atoms with E-state index in [0.29, 0.717) is 11.7 Å². The van der Waals surface area contributed by atoms with Gasteiger partial charge in [-0.25, -0.2) is 0 Å². The molecule has 0 aliphatic heterocycles. The lowest BCUT2D eigenvalue weighted by molar-refractivity contribution is -0.137. The summed E-state index contributed by atoms with van der Waals surface area (Å²) in [5, 5.41) is 7.56. The molecule has 0 heterocycles. The van der Waals surface area contributed by atoms with Crippen LogP contribution < -0.4 is 4.74 Å². The van der Waals surface area contributed by atoms with Gasteiger partial charge in [-0.05, 0) is 23.6 Å². The molecule has 1 aromatic carbocycles. The largest absolute Gasteiger partial charge is 0.491 e. The lowest BCUT2D eigenvalue weighted by Gasteiger charge is -2.09. The fourth-order valence-electron chi connectivity index (χ4n) is 1.19. The number of hydrogen-bond donors (Lipinski definition) is 1. The first-order valence-corrected chi connectivity index (χ1v) is 5.54. The first-order chi connectivity index (χ1) is 7.50. The van der Waals surface area contributed by atoms with Gasteiger partial charge >= 0.3 is 5.97 Å². The lowest BCUT2D eigenvalue weighted by Crippen LogP contribution is -2.21. The van der Waals surface area contributed by atoms with Crippen LogP contribution in [0, 0.1) is 0 Å². The summed E-state index contributed by atoms with van der Waals surface area (Å²) in [6.45, 7) is 4.18. The molecule has 1 rings (SSSR count). The molecule has 4 heteroatoms. The van der Waals surface area contributed by atoms with E-state index in [1.807, 2.05) is 24.3 Å². The van der Waals surface area contributed by atoms with E-state index in [9.17, 15) is 4.79 Å². The van der Waals surface area contributed by atoms with Gasteiger partial charge in [-0.15, -0.1) is 11.6 Å². The van der Waals surface area contributed by atoms with Gasteiger partial charge in [-0.3, -0.25) is 4.79 Å². The minimum atomic E-state index is -1.07. The Balaban J connectivity index is 2.52. The Morgan fingerprint density at radius 3 is 2.38 bits per heavy atom. The summed E-state index contributed by atoms with van der Waals surface area (Å²) in [5.41, 5.74) is 1.22. The van der Waals surface area contributed by atoms with E-state index in [0.717, 1.165) is 0 Å². The highest BCUT2D eigenvalue weighted by Gasteiger charge is 2.13. The third kappa shape index (κ3) is 3.74. The minimum Gasteiger partial charge on any atom is -0.491 e. The van der Waals surface area contributed by atoms with Crippen LogP contribution in [0.3, 0.4) is 0 Å². The number of halogens is 1. The van der Waals surface area contributed by atoms with E-state index in [4.69, 9.17) is 21.4 Å². The maximum Gasteiger partial charge on any atom is 0.325 e. The smallest absolute Gasteiger partial charge is 0.325 e. The number of alkyl halides is 1. The van der Waals surface area contributed by atoms with E-state index in [2.05, 4.69) is 13.8 Å². The van der Waals surface area contributed by atoms with E-state index in [-0.39, 0.29) is 6.61 Å². The molecule has 0 saturated carbocycles. The summed E-state index contributed by atoms with van der Waals surface area (Å²) < 4.78 is 5.25. The molecule has 1 aromatic rings. The Labute approximate surface area is 100.0 Å². The molecule has 1 atom stereocenters. The first kappa shape index (κ1) is 12.8. The number of rotatable bonds is 5. The molecule has 0 aliphatic carbocycles. The van der Waals surface area contributed by atoms with Crippen LogP contribution in [-0.4, -0.2) is 23.1 Å². The normalized spacial score (nSPS) is 12.5. The molecule has 1 N–H and O–H groups in total. The van der Waals surface area contributed by atoms with Gasteiger partial charge in [0.05, 0.1) is 0 Å². The minimum absolute atomic E-state index is 0.0298. The maximum absolute atomic E-state index is 10.5. The number of ether oxygens (including phenoxy) is 1. The van der Waals surface area contributed by atoms with Gasteiger partial charge in [-0.1, -0.05) is 26.0 Å². The summed E-state index contributed by atoms with van der Waals surface area (Å²) in [7, 11) is 0. The number of aliphatic carboxylic acids is 1. The quantitative estimate of drug-likeness (QED) is 0.808. The molecule has 0 radical (unpaired) electrons. The number of hydrogen-bond acceptors (Lipinski definition) is 2. The topological polar surface area (TPSA) is 46.5 Å². The number of carboxylic acid groups (broad SMARTS) is 1. The van der Waals surface area contributed by atoms with Crippen LogP contribution in [0.1, 0.15) is 25.3 Å². The summed E-state index contributed by atoms with van der Waals surface area (Å²) in [5.74, 6) is 0.0330. The van der Waals surface area contributed by atoms with Gasteiger partial charge in [0, 0.05) is 0 Å². The molecule has 0 spiro atoms. The van der Waals surface area contributed by atoms with Crippen molar-refractivity contribution in [3.05, 3.63) is 29.8 Å². The second-order valence-corrected chi connectivity index (χ2v) is 4.37. The number of benzene rings is 1. The van der Waals surface area contributed by atoms with Gasteiger partial charge in [0.25, 0.3) is 0 Å². The van der Waals surface area contributed by atoms with Gasteiger partial charge in [0.2, 0.25) is 0 Å². The van der Waals surface area contributed by atoms with E-state index in [1.165, 1.54) is 5.56 Å². The highest BCUT2D eigenvalue weighted by molar-refractivity contribution is 6.29. The highest BCUT2D eigenvalue weighted by atomic mass is 35.5. The maximum atomic E-state index is 10.5. The molecule has 0 saturated heterocycles. The zero-order valence-corrected chi connectivity index (χ0v) is 10.1. The van der Waals surface area contributed by atoms with Crippen molar-refractivity contribution in [2.45, 2.75) is 25.1 Å². The van der Waals surface area contributed by atoms with Crippen LogP contribution in [0.4, 0.5) is 0 Å². The second kappa shape index (κ2) is 5.75. The molecule has 0 fully saturated rings. The summed E-state index contributed by atoms with van der Waals surface area (Å²) in [4.78, 5) is 10.5. The first-order valence-electron chi connectivity index (χ1n) is 5.10. The molecular formula is C12H15ClO3. The average molecular weight is 243 g/mol. The highest BCUT2D eigenvalue weighted by Crippen LogP contribution is 2.18. The van der Waals surface area contributed by atoms with Crippen LogP contribution in [0.2, 0.25) is 0 Å². The Kier molecular flexibility index (Phi) is 4.62. The van der Waals surface area contributed by atoms with Gasteiger partial charge in [0.15, 0.2) is 5.38 Å². The van der Waals surface area contributed by atoms with Crippen molar-refractivity contribution in [3.8, 4) is 5.75 Å². The van der Waals surface area contributed by atoms with Gasteiger partial charge < -0.3 is 9.84 Å². The molecule has 16 heavy (non-hydrogen) atoms. The third-order valence-electron chi connectivity index (χ3n) is 2.21. The van der Waals surface area contributed by atoms with E-state index >= 15 is 0 Å². The fraction of sp³-hybridized carbons (Fsp3) is 0.417. The van der Waals surface area contributed by atoms with Crippen molar-refractivity contribution in [3.63, 3.8) is 0 Å². The molecule has 0 aromatic heterocycles. The van der Waals surface area contributed by atoms with Crippen molar-refractivity contribution in [1.82, 2.24) is 0 Å². The second-order valence-electron chi connectivity index (χ2n) is 3.84. The standard InChI is InChI=1S/C12H15ClO3/c1-8(2)9-3-5-10(6-4-9)16-7-11(13)12(14)15/h3-6,8,11H,7H2,1-2H3,(H,14,15). The molecular weight excluding hydrogens is 228 g/mol. The Hall–Kier alpha value is -1.22. The van der Waals surface area contributed by atoms with Gasteiger partial charge in [-0.2, -0.15) is 0 Å². The van der Waals surface area contributed by atoms with E-state index in [1.54, 1.807) is 0 Å². The van der Waals surface area contributed by atoms with Crippen LogP contribution >= 0.6 is 11.6 Å². The van der Waals surface area contributed by atoms with Crippen molar-refractivity contribution in [2.75, 3.05) is 6.61 Å². The van der Waals surface area contributed by atoms with Crippen LogP contribution in [-0.2, 0) is 4.79 Å². The predicted octanol–water partition coefficient (Wildman–Crippen LogP) is 2.88. The molecule has 3 nitrogen and oxygen atoms in total. The summed E-state index contributed by atoms with van der Waals surface area (Å²) >= 11 is 5.52. The van der Waals surface area contributed by atoms with Crippen molar-refractivity contribution in [2.24, 2.45) is 0 Å².